The zero-order valence-corrected chi connectivity index (χ0v) is 47.0. The molecule has 14 nitrogen and oxygen atoms in total. The Balaban J connectivity index is 2.22. The minimum Gasteiger partial charge on any atom is -0.490 e. The van der Waals surface area contributed by atoms with Crippen LogP contribution >= 0.6 is 0 Å². The second-order valence-electron chi connectivity index (χ2n) is 19.4. The highest BCUT2D eigenvalue weighted by Crippen LogP contribution is 2.41. The van der Waals surface area contributed by atoms with Gasteiger partial charge in [0.2, 0.25) is 11.5 Å². The summed E-state index contributed by atoms with van der Waals surface area (Å²) in [5.74, 6) is -0.183. The molecule has 0 saturated heterocycles. The first-order valence-electron chi connectivity index (χ1n) is 29.2. The molecule has 0 saturated carbocycles. The van der Waals surface area contributed by atoms with Gasteiger partial charge in [-0.1, -0.05) is 196 Å². The number of hydrogen-bond donors (Lipinski definition) is 4. The number of nitrogens with one attached hydrogen (secondary N) is 4. The van der Waals surface area contributed by atoms with Gasteiger partial charge >= 0.3 is 0 Å². The minimum atomic E-state index is -0.774. The van der Waals surface area contributed by atoms with Gasteiger partial charge in [0.1, 0.15) is 0 Å². The van der Waals surface area contributed by atoms with E-state index >= 15 is 0 Å². The minimum absolute atomic E-state index is 0.204. The maximum absolute atomic E-state index is 13.6. The third kappa shape index (κ3) is 30.3. The molecule has 0 aromatic heterocycles. The number of benzene rings is 2. The molecule has 14 heteroatoms. The van der Waals surface area contributed by atoms with E-state index in [4.69, 9.17) is 28.4 Å². The van der Waals surface area contributed by atoms with Gasteiger partial charge in [-0.05, 0) is 62.8 Å². The summed E-state index contributed by atoms with van der Waals surface area (Å²) in [6, 6.07) is 6.46. The van der Waals surface area contributed by atoms with Crippen molar-refractivity contribution in [3.05, 3.63) is 47.5 Å². The maximum atomic E-state index is 13.6. The molecule has 0 aliphatic carbocycles. The zero-order valence-electron chi connectivity index (χ0n) is 47.0. The van der Waals surface area contributed by atoms with Crippen LogP contribution in [0.15, 0.2) is 36.4 Å². The third-order valence-electron chi connectivity index (χ3n) is 12.6. The van der Waals surface area contributed by atoms with Crippen molar-refractivity contribution in [1.29, 1.82) is 0 Å². The highest BCUT2D eigenvalue weighted by atomic mass is 16.5. The van der Waals surface area contributed by atoms with Gasteiger partial charge in [-0.3, -0.25) is 40.9 Å². The van der Waals surface area contributed by atoms with Crippen molar-refractivity contribution >= 4 is 23.6 Å². The van der Waals surface area contributed by atoms with Crippen molar-refractivity contribution in [3.8, 4) is 34.5 Å². The SMILES string of the molecule is CCCCCCCOc1cc(C(=O)NNC(=O)/C=C/C(=O)NNC(=O)c2cc(OCCCCCCC)c(OCCCCCCC)c(OCCCCCCC)c2)cc(OCCCCCCC)c1OCCCCCCC. The molecule has 4 N–H and O–H groups in total. The fourth-order valence-corrected chi connectivity index (χ4v) is 8.06. The van der Waals surface area contributed by atoms with Crippen LogP contribution in [0, 0.1) is 0 Å². The summed E-state index contributed by atoms with van der Waals surface area (Å²) < 4.78 is 37.9. The van der Waals surface area contributed by atoms with Gasteiger partial charge in [-0.2, -0.15) is 0 Å². The topological polar surface area (TPSA) is 172 Å². The van der Waals surface area contributed by atoms with Gasteiger partial charge in [0.25, 0.3) is 23.6 Å². The van der Waals surface area contributed by atoms with Crippen molar-refractivity contribution in [2.45, 2.75) is 234 Å². The van der Waals surface area contributed by atoms with E-state index in [0.717, 1.165) is 192 Å². The van der Waals surface area contributed by atoms with E-state index in [0.29, 0.717) is 74.1 Å². The molecule has 0 unspecified atom stereocenters. The molecule has 0 aliphatic heterocycles. The summed E-state index contributed by atoms with van der Waals surface area (Å²) in [6.45, 7) is 15.9. The molecule has 0 atom stereocenters. The van der Waals surface area contributed by atoms with E-state index in [1.54, 1.807) is 24.3 Å². The van der Waals surface area contributed by atoms with E-state index in [1.165, 1.54) is 12.8 Å². The van der Waals surface area contributed by atoms with E-state index in [9.17, 15) is 19.2 Å². The molecule has 0 fully saturated rings. The molecule has 420 valence electrons. The third-order valence-corrected chi connectivity index (χ3v) is 12.6. The highest BCUT2D eigenvalue weighted by Gasteiger charge is 2.22. The van der Waals surface area contributed by atoms with Gasteiger partial charge in [0.15, 0.2) is 23.0 Å². The molecule has 0 spiro atoms. The second-order valence-corrected chi connectivity index (χ2v) is 19.4. The van der Waals surface area contributed by atoms with Crippen LogP contribution in [0.4, 0.5) is 0 Å². The lowest BCUT2D eigenvalue weighted by Crippen LogP contribution is -2.42. The average Bonchev–Trinajstić information content (AvgIpc) is 3.40. The van der Waals surface area contributed by atoms with Crippen molar-refractivity contribution in [1.82, 2.24) is 21.7 Å². The number of unbranched alkanes of at least 4 members (excludes halogenated alkanes) is 24. The molecule has 2 aromatic carbocycles. The predicted octanol–water partition coefficient (Wildman–Crippen LogP) is 14.6. The summed E-state index contributed by atoms with van der Waals surface area (Å²) >= 11 is 0. The van der Waals surface area contributed by atoms with Crippen molar-refractivity contribution < 1.29 is 47.6 Å². The molecule has 0 heterocycles. The number of rotatable bonds is 46. The number of hydrazine groups is 2. The summed E-state index contributed by atoms with van der Waals surface area (Å²) in [5, 5.41) is 0. The van der Waals surface area contributed by atoms with Crippen LogP contribution in [0.25, 0.3) is 0 Å². The Hall–Kier alpha value is -5.14. The molecular formula is C60H100N4O10. The fraction of sp³-hybridized carbons (Fsp3) is 0.700. The van der Waals surface area contributed by atoms with Gasteiger partial charge in [-0.25, -0.2) is 0 Å². The standard InChI is InChI=1S/C60H100N4O10/c1-7-13-19-25-31-39-69-51-45-49(46-52(70-40-32-26-20-14-8-2)57(51)73-43-35-29-23-17-11-5)59(67)63-61-55(65)37-38-56(66)62-64-60(68)50-47-53(71-41-33-27-21-15-9-3)58(74-44-36-30-24-18-12-6)54(48-50)72-42-34-28-22-16-10-4/h37-38,45-48H,7-36,39-44H2,1-6H3,(H,61,65)(H,62,66)(H,63,67)(H,64,68)/b38-37+. The quantitative estimate of drug-likeness (QED) is 0.0284. The number of hydrogen-bond acceptors (Lipinski definition) is 10. The van der Waals surface area contributed by atoms with Crippen LogP contribution in [0.1, 0.15) is 255 Å². The van der Waals surface area contributed by atoms with Gasteiger partial charge in [0.05, 0.1) is 39.6 Å². The smallest absolute Gasteiger partial charge is 0.269 e. The molecule has 4 amide bonds. The molecule has 2 aromatic rings. The lowest BCUT2D eigenvalue weighted by molar-refractivity contribution is -0.119. The Morgan fingerprint density at radius 1 is 0.311 bits per heavy atom. The van der Waals surface area contributed by atoms with Gasteiger partial charge in [0, 0.05) is 23.3 Å². The van der Waals surface area contributed by atoms with Gasteiger partial charge < -0.3 is 28.4 Å². The summed E-state index contributed by atoms with van der Waals surface area (Å²) in [4.78, 5) is 53.1. The van der Waals surface area contributed by atoms with Crippen molar-refractivity contribution in [2.75, 3.05) is 39.6 Å². The molecule has 74 heavy (non-hydrogen) atoms. The summed E-state index contributed by atoms with van der Waals surface area (Å²) in [7, 11) is 0. The Labute approximate surface area is 447 Å². The maximum Gasteiger partial charge on any atom is 0.269 e. The van der Waals surface area contributed by atoms with E-state index in [-0.39, 0.29) is 11.1 Å². The van der Waals surface area contributed by atoms with E-state index in [2.05, 4.69) is 63.2 Å². The van der Waals surface area contributed by atoms with Crippen molar-refractivity contribution in [2.24, 2.45) is 0 Å². The molecular weight excluding hydrogens is 937 g/mol. The first-order valence-corrected chi connectivity index (χ1v) is 29.2. The fourth-order valence-electron chi connectivity index (χ4n) is 8.06. The normalized spacial score (nSPS) is 11.1. The predicted molar refractivity (Wildman–Crippen MR) is 299 cm³/mol. The molecule has 0 radical (unpaired) electrons. The molecule has 0 bridgehead atoms. The zero-order chi connectivity index (χ0) is 53.7. The summed E-state index contributed by atoms with van der Waals surface area (Å²) in [6.07, 6.45) is 34.0. The Morgan fingerprint density at radius 2 is 0.527 bits per heavy atom. The van der Waals surface area contributed by atoms with Crippen LogP contribution in [-0.2, 0) is 9.59 Å². The Bertz CT molecular complexity index is 1630. The average molecular weight is 1040 g/mol. The van der Waals surface area contributed by atoms with Crippen LogP contribution in [0.5, 0.6) is 34.5 Å². The first kappa shape index (κ1) is 65.0. The van der Waals surface area contributed by atoms with Crippen LogP contribution in [0.3, 0.4) is 0 Å². The van der Waals surface area contributed by atoms with Gasteiger partial charge in [-0.15, -0.1) is 0 Å². The first-order chi connectivity index (χ1) is 36.2. The highest BCUT2D eigenvalue weighted by molar-refractivity contribution is 6.01. The van der Waals surface area contributed by atoms with Crippen LogP contribution < -0.4 is 50.1 Å². The monoisotopic (exact) mass is 1040 g/mol. The number of ether oxygens (including phenoxy) is 6. The number of amides is 4. The molecule has 0 aliphatic rings. The van der Waals surface area contributed by atoms with Crippen molar-refractivity contribution in [3.63, 3.8) is 0 Å². The number of carbonyl (C=O) groups is 4. The molecule has 2 rings (SSSR count). The lowest BCUT2D eigenvalue weighted by atomic mass is 10.1. The van der Waals surface area contributed by atoms with Crippen LogP contribution in [0.2, 0.25) is 0 Å². The van der Waals surface area contributed by atoms with E-state index < -0.39 is 23.6 Å². The Morgan fingerprint density at radius 3 is 0.757 bits per heavy atom. The lowest BCUT2D eigenvalue weighted by Gasteiger charge is -2.19. The summed E-state index contributed by atoms with van der Waals surface area (Å²) in [5.41, 5.74) is 9.97. The second kappa shape index (κ2) is 44.2. The largest absolute Gasteiger partial charge is 0.490 e. The van der Waals surface area contributed by atoms with E-state index in [1.807, 2.05) is 0 Å². The number of carbonyl (C=O) groups excluding carboxylic acids is 4. The Kier molecular flexibility index (Phi) is 38.8. The van der Waals surface area contributed by atoms with Crippen LogP contribution in [-0.4, -0.2) is 63.3 Å².